The van der Waals surface area contributed by atoms with E-state index in [4.69, 9.17) is 5.11 Å². The molecule has 0 bridgehead atoms. The van der Waals surface area contributed by atoms with E-state index >= 15 is 0 Å². The molecule has 0 unspecified atom stereocenters. The summed E-state index contributed by atoms with van der Waals surface area (Å²) in [4.78, 5) is 29.0. The summed E-state index contributed by atoms with van der Waals surface area (Å²) in [7, 11) is 0. The highest BCUT2D eigenvalue weighted by Crippen LogP contribution is 2.15. The van der Waals surface area contributed by atoms with Gasteiger partial charge in [0.05, 0.1) is 35.2 Å². The molecule has 2 aromatic carbocycles. The lowest BCUT2D eigenvalue weighted by atomic mass is 10.3. The van der Waals surface area contributed by atoms with Gasteiger partial charge < -0.3 is 15.1 Å². The number of carboxylic acids is 1. The van der Waals surface area contributed by atoms with Gasteiger partial charge >= 0.3 is 5.97 Å². The second kappa shape index (κ2) is 11.8. The third-order valence-corrected chi connectivity index (χ3v) is 4.49. The van der Waals surface area contributed by atoms with E-state index in [9.17, 15) is 4.79 Å². The molecule has 0 atom stereocenters. The van der Waals surface area contributed by atoms with E-state index in [0.717, 1.165) is 33.7 Å². The fraction of sp³-hybridized carbons (Fsp3) is 0.250. The molecule has 30 heavy (non-hydrogen) atoms. The minimum atomic E-state index is -0.776. The van der Waals surface area contributed by atoms with Gasteiger partial charge in [-0.2, -0.15) is 0 Å². The summed E-state index contributed by atoms with van der Waals surface area (Å²) >= 11 is 0. The first-order valence-electron chi connectivity index (χ1n) is 8.99. The zero-order chi connectivity index (χ0) is 18.6. The summed E-state index contributed by atoms with van der Waals surface area (Å²) in [5.74, 6) is 0.952. The van der Waals surface area contributed by atoms with Gasteiger partial charge in [0, 0.05) is 6.42 Å². The molecule has 162 valence electrons. The topological polar surface area (TPSA) is 97.9 Å². The van der Waals surface area contributed by atoms with E-state index in [1.807, 2.05) is 48.5 Å². The number of aromatic amines is 2. The van der Waals surface area contributed by atoms with E-state index in [2.05, 4.69) is 24.8 Å². The minimum Gasteiger partial charge on any atom is -0.481 e. The monoisotopic (exact) mass is 471 g/mol. The van der Waals surface area contributed by atoms with Crippen molar-refractivity contribution in [2.75, 3.05) is 6.54 Å². The smallest absolute Gasteiger partial charge is 0.303 e. The van der Waals surface area contributed by atoms with Crippen LogP contribution in [0.25, 0.3) is 22.1 Å². The highest BCUT2D eigenvalue weighted by Gasteiger charge is 2.13. The number of para-hydroxylation sites is 4. The highest BCUT2D eigenvalue weighted by molar-refractivity contribution is 5.86. The lowest BCUT2D eigenvalue weighted by Crippen LogP contribution is -2.25. The number of hydrogen-bond acceptors (Lipinski definition) is 4. The normalized spacial score (nSPS) is 10.4. The summed E-state index contributed by atoms with van der Waals surface area (Å²) in [6, 6.07) is 15.8. The second-order valence-corrected chi connectivity index (χ2v) is 6.61. The first-order valence-corrected chi connectivity index (χ1v) is 8.99. The van der Waals surface area contributed by atoms with E-state index in [-0.39, 0.29) is 43.6 Å². The van der Waals surface area contributed by atoms with Crippen LogP contribution in [0.2, 0.25) is 0 Å². The maximum Gasteiger partial charge on any atom is 0.303 e. The summed E-state index contributed by atoms with van der Waals surface area (Å²) in [5.41, 5.74) is 3.87. The Morgan fingerprint density at radius 2 is 1.30 bits per heavy atom. The minimum absolute atomic E-state index is 0. The average molecular weight is 473 g/mol. The number of aliphatic carboxylic acids is 1. The summed E-state index contributed by atoms with van der Waals surface area (Å²) in [6.45, 7) is 1.86. The van der Waals surface area contributed by atoms with Gasteiger partial charge in [-0.1, -0.05) is 24.3 Å². The fourth-order valence-corrected chi connectivity index (χ4v) is 3.25. The number of H-pyrrole nitrogens is 2. The van der Waals surface area contributed by atoms with Crippen molar-refractivity contribution in [1.29, 1.82) is 0 Å². The maximum absolute atomic E-state index is 10.9. The molecule has 0 aliphatic heterocycles. The zero-order valence-electron chi connectivity index (χ0n) is 16.1. The fourth-order valence-electron chi connectivity index (χ4n) is 3.25. The predicted octanol–water partition coefficient (Wildman–Crippen LogP) is 4.57. The molecule has 3 N–H and O–H groups in total. The van der Waals surface area contributed by atoms with Crippen LogP contribution in [0.1, 0.15) is 24.5 Å². The number of halogens is 3. The SMILES string of the molecule is Cl.Cl.Cl.O=C(O)CCCN(Cc1nc2ccccc2[nH]1)Cc1nc2ccccc2[nH]1. The highest BCUT2D eigenvalue weighted by atomic mass is 35.5. The van der Waals surface area contributed by atoms with Crippen LogP contribution in [0.15, 0.2) is 48.5 Å². The Balaban J connectivity index is 0.00000150. The number of carbonyl (C=O) groups is 1. The third kappa shape index (κ3) is 6.34. The van der Waals surface area contributed by atoms with Gasteiger partial charge in [0.15, 0.2) is 0 Å². The number of nitrogens with one attached hydrogen (secondary N) is 2. The van der Waals surface area contributed by atoms with Crippen molar-refractivity contribution >= 4 is 65.3 Å². The van der Waals surface area contributed by atoms with Gasteiger partial charge in [0.2, 0.25) is 0 Å². The zero-order valence-corrected chi connectivity index (χ0v) is 18.5. The number of fused-ring (bicyclic) bond motifs is 2. The first kappa shape index (κ1) is 25.7. The lowest BCUT2D eigenvalue weighted by Gasteiger charge is -2.19. The Hall–Kier alpha value is -2.32. The molecule has 0 aliphatic rings. The number of aromatic nitrogens is 4. The van der Waals surface area contributed by atoms with Crippen LogP contribution >= 0.6 is 37.2 Å². The van der Waals surface area contributed by atoms with Gasteiger partial charge in [-0.25, -0.2) is 9.97 Å². The average Bonchev–Trinajstić information content (AvgIpc) is 3.23. The van der Waals surface area contributed by atoms with Crippen molar-refractivity contribution in [2.45, 2.75) is 25.9 Å². The van der Waals surface area contributed by atoms with Crippen LogP contribution in [0.5, 0.6) is 0 Å². The van der Waals surface area contributed by atoms with Crippen molar-refractivity contribution in [1.82, 2.24) is 24.8 Å². The van der Waals surface area contributed by atoms with Crippen molar-refractivity contribution in [2.24, 2.45) is 0 Å². The molecule has 0 amide bonds. The molecule has 4 aromatic rings. The molecule has 4 rings (SSSR count). The molecular weight excluding hydrogens is 449 g/mol. The molecule has 0 aliphatic carbocycles. The Labute approximate surface area is 192 Å². The number of hydrogen-bond donors (Lipinski definition) is 3. The standard InChI is InChI=1S/C20H21N5O2.3ClH/c26-20(27)10-5-11-25(12-18-21-14-6-1-2-7-15(14)22-18)13-19-23-16-8-3-4-9-17(16)24-19;;;/h1-4,6-9H,5,10-13H2,(H,21,22)(H,23,24)(H,26,27);3*1H. The van der Waals surface area contributed by atoms with E-state index in [1.54, 1.807) is 0 Å². The number of imidazole rings is 2. The van der Waals surface area contributed by atoms with E-state index in [0.29, 0.717) is 26.1 Å². The Morgan fingerprint density at radius 1 is 0.833 bits per heavy atom. The largest absolute Gasteiger partial charge is 0.481 e. The van der Waals surface area contributed by atoms with Gasteiger partial charge in [-0.15, -0.1) is 37.2 Å². The Bertz CT molecular complexity index is 940. The number of carboxylic acid groups (broad SMARTS) is 1. The number of rotatable bonds is 8. The van der Waals surface area contributed by atoms with Crippen molar-refractivity contribution in [3.05, 3.63) is 60.2 Å². The molecule has 10 heteroatoms. The molecule has 2 aromatic heterocycles. The van der Waals surface area contributed by atoms with E-state index < -0.39 is 5.97 Å². The van der Waals surface area contributed by atoms with Crippen molar-refractivity contribution in [3.8, 4) is 0 Å². The maximum atomic E-state index is 10.9. The molecule has 0 radical (unpaired) electrons. The quantitative estimate of drug-likeness (QED) is 0.349. The Morgan fingerprint density at radius 3 is 1.73 bits per heavy atom. The van der Waals surface area contributed by atoms with Crippen LogP contribution in [0.4, 0.5) is 0 Å². The number of benzene rings is 2. The molecule has 0 fully saturated rings. The molecule has 7 nitrogen and oxygen atoms in total. The van der Waals surface area contributed by atoms with Gasteiger partial charge in [-0.3, -0.25) is 9.69 Å². The lowest BCUT2D eigenvalue weighted by molar-refractivity contribution is -0.137. The molecule has 0 saturated carbocycles. The van der Waals surface area contributed by atoms with Gasteiger partial charge in [0.1, 0.15) is 11.6 Å². The summed E-state index contributed by atoms with van der Waals surface area (Å²) in [6.07, 6.45) is 0.729. The molecule has 0 saturated heterocycles. The third-order valence-electron chi connectivity index (χ3n) is 4.49. The van der Waals surface area contributed by atoms with Crippen LogP contribution in [0, 0.1) is 0 Å². The number of nitrogens with zero attached hydrogens (tertiary/aromatic N) is 3. The first-order chi connectivity index (χ1) is 13.2. The van der Waals surface area contributed by atoms with Crippen molar-refractivity contribution < 1.29 is 9.90 Å². The van der Waals surface area contributed by atoms with Crippen LogP contribution < -0.4 is 0 Å². The molecule has 2 heterocycles. The van der Waals surface area contributed by atoms with Gasteiger partial charge in [-0.05, 0) is 37.2 Å². The van der Waals surface area contributed by atoms with Crippen LogP contribution in [0.3, 0.4) is 0 Å². The van der Waals surface area contributed by atoms with Crippen molar-refractivity contribution in [3.63, 3.8) is 0 Å². The summed E-state index contributed by atoms with van der Waals surface area (Å²) < 4.78 is 0. The van der Waals surface area contributed by atoms with Crippen LogP contribution in [-0.4, -0.2) is 42.5 Å². The molecule has 0 spiro atoms. The Kier molecular flexibility index (Phi) is 10.1. The predicted molar refractivity (Wildman–Crippen MR) is 125 cm³/mol. The summed E-state index contributed by atoms with van der Waals surface area (Å²) in [5, 5.41) is 8.94. The van der Waals surface area contributed by atoms with Gasteiger partial charge in [0.25, 0.3) is 0 Å². The van der Waals surface area contributed by atoms with E-state index in [1.165, 1.54) is 0 Å². The molecular formula is C20H24Cl3N5O2. The van der Waals surface area contributed by atoms with Crippen LogP contribution in [-0.2, 0) is 17.9 Å². The second-order valence-electron chi connectivity index (χ2n) is 6.61.